The van der Waals surface area contributed by atoms with Crippen molar-refractivity contribution in [1.82, 2.24) is 14.6 Å². The standard InChI is InChI=1S/C16H17F2IN4O6/c1-22-13(20-9-4-3-8(19)11(17)12(9)18)10(15(27)23(2)16(22)28)14(26)21-29-6-7(25)5-24/h3-4,7,20,24-25H,5-6H2,1-2H3,(H,21,26). The lowest BCUT2D eigenvalue weighted by Gasteiger charge is -2.17. The summed E-state index contributed by atoms with van der Waals surface area (Å²) < 4.78 is 29.6. The quantitative estimate of drug-likeness (QED) is 0.222. The summed E-state index contributed by atoms with van der Waals surface area (Å²) in [5.74, 6) is -3.92. The molecular weight excluding hydrogens is 509 g/mol. The summed E-state index contributed by atoms with van der Waals surface area (Å²) in [4.78, 5) is 41.9. The van der Waals surface area contributed by atoms with Crippen LogP contribution in [-0.2, 0) is 18.9 Å². The Morgan fingerprint density at radius 3 is 2.52 bits per heavy atom. The molecule has 2 rings (SSSR count). The van der Waals surface area contributed by atoms with E-state index < -0.39 is 65.2 Å². The van der Waals surface area contributed by atoms with Crippen LogP contribution in [0.2, 0.25) is 0 Å². The van der Waals surface area contributed by atoms with Crippen molar-refractivity contribution in [3.63, 3.8) is 0 Å². The number of rotatable bonds is 7. The highest BCUT2D eigenvalue weighted by Gasteiger charge is 2.24. The maximum Gasteiger partial charge on any atom is 0.332 e. The minimum Gasteiger partial charge on any atom is -0.394 e. The molecule has 1 heterocycles. The zero-order valence-corrected chi connectivity index (χ0v) is 17.4. The molecule has 1 atom stereocenters. The molecule has 158 valence electrons. The highest BCUT2D eigenvalue weighted by Crippen LogP contribution is 2.25. The van der Waals surface area contributed by atoms with Gasteiger partial charge in [0.2, 0.25) is 0 Å². The molecule has 1 aromatic carbocycles. The monoisotopic (exact) mass is 526 g/mol. The SMILES string of the molecule is Cn1c(Nc2ccc(I)c(F)c2F)c(C(=O)NOCC(O)CO)c(=O)n(C)c1=O. The second-order valence-electron chi connectivity index (χ2n) is 5.86. The summed E-state index contributed by atoms with van der Waals surface area (Å²) in [6, 6.07) is 2.44. The van der Waals surface area contributed by atoms with E-state index in [1.807, 2.05) is 5.48 Å². The Hall–Kier alpha value is -2.36. The molecule has 0 aliphatic heterocycles. The predicted molar refractivity (Wildman–Crippen MR) is 106 cm³/mol. The number of aliphatic hydroxyl groups excluding tert-OH is 2. The first-order valence-corrected chi connectivity index (χ1v) is 9.09. The van der Waals surface area contributed by atoms with Gasteiger partial charge in [-0.1, -0.05) is 0 Å². The van der Waals surface area contributed by atoms with Crippen LogP contribution < -0.4 is 22.0 Å². The van der Waals surface area contributed by atoms with Crippen LogP contribution in [0.3, 0.4) is 0 Å². The van der Waals surface area contributed by atoms with Crippen LogP contribution in [0.5, 0.6) is 0 Å². The molecule has 0 aliphatic rings. The molecule has 1 aromatic heterocycles. The van der Waals surface area contributed by atoms with Crippen molar-refractivity contribution < 1.29 is 28.6 Å². The molecular formula is C16H17F2IN4O6. The van der Waals surface area contributed by atoms with Gasteiger partial charge in [-0.2, -0.15) is 0 Å². The van der Waals surface area contributed by atoms with E-state index in [0.717, 1.165) is 11.6 Å². The first-order chi connectivity index (χ1) is 13.6. The Bertz CT molecular complexity index is 1060. The number of carbonyl (C=O) groups is 1. The molecule has 0 radical (unpaired) electrons. The van der Waals surface area contributed by atoms with E-state index in [4.69, 9.17) is 9.94 Å². The number of hydrogen-bond donors (Lipinski definition) is 4. The Labute approximate surface area is 175 Å². The molecule has 2 aromatic rings. The van der Waals surface area contributed by atoms with E-state index in [9.17, 15) is 28.3 Å². The Morgan fingerprint density at radius 2 is 1.90 bits per heavy atom. The number of benzene rings is 1. The van der Waals surface area contributed by atoms with E-state index in [0.29, 0.717) is 4.57 Å². The van der Waals surface area contributed by atoms with E-state index in [1.165, 1.54) is 19.2 Å². The molecule has 10 nitrogen and oxygen atoms in total. The Balaban J connectivity index is 2.51. The summed E-state index contributed by atoms with van der Waals surface area (Å²) in [5.41, 5.74) is -0.977. The third-order valence-electron chi connectivity index (χ3n) is 3.83. The van der Waals surface area contributed by atoms with Crippen LogP contribution in [0.1, 0.15) is 10.4 Å². The van der Waals surface area contributed by atoms with Crippen LogP contribution in [0.25, 0.3) is 0 Å². The lowest BCUT2D eigenvalue weighted by molar-refractivity contribution is -0.0295. The fourth-order valence-electron chi connectivity index (χ4n) is 2.25. The average molecular weight is 526 g/mol. The zero-order valence-electron chi connectivity index (χ0n) is 15.2. The number of carbonyl (C=O) groups excluding carboxylic acids is 1. The number of aliphatic hydroxyl groups is 2. The third kappa shape index (κ3) is 4.80. The highest BCUT2D eigenvalue weighted by atomic mass is 127. The Morgan fingerprint density at radius 1 is 1.24 bits per heavy atom. The van der Waals surface area contributed by atoms with Crippen LogP contribution in [0, 0.1) is 15.2 Å². The second kappa shape index (κ2) is 9.43. The topological polar surface area (TPSA) is 135 Å². The van der Waals surface area contributed by atoms with Gasteiger partial charge in [0.25, 0.3) is 11.5 Å². The predicted octanol–water partition coefficient (Wildman–Crippen LogP) is -0.275. The minimum absolute atomic E-state index is 0.0114. The van der Waals surface area contributed by atoms with Gasteiger partial charge in [-0.15, -0.1) is 0 Å². The van der Waals surface area contributed by atoms with Crippen molar-refractivity contribution in [2.24, 2.45) is 14.1 Å². The number of halogens is 3. The lowest BCUT2D eigenvalue weighted by Crippen LogP contribution is -2.44. The number of anilines is 2. The molecule has 0 fully saturated rings. The van der Waals surface area contributed by atoms with Crippen molar-refractivity contribution >= 4 is 40.0 Å². The summed E-state index contributed by atoms with van der Waals surface area (Å²) in [5, 5.41) is 20.4. The summed E-state index contributed by atoms with van der Waals surface area (Å²) in [7, 11) is 2.35. The van der Waals surface area contributed by atoms with Gasteiger partial charge in [0.15, 0.2) is 11.6 Å². The second-order valence-corrected chi connectivity index (χ2v) is 7.02. The lowest BCUT2D eigenvalue weighted by atomic mass is 10.2. The molecule has 0 saturated carbocycles. The molecule has 1 amide bonds. The maximum absolute atomic E-state index is 14.2. The van der Waals surface area contributed by atoms with Crippen molar-refractivity contribution in [2.45, 2.75) is 6.10 Å². The van der Waals surface area contributed by atoms with Crippen LogP contribution in [-0.4, -0.2) is 44.6 Å². The molecule has 0 bridgehead atoms. The van der Waals surface area contributed by atoms with Crippen molar-refractivity contribution in [3.05, 3.63) is 53.7 Å². The number of aromatic nitrogens is 2. The fraction of sp³-hybridized carbons (Fsp3) is 0.312. The number of hydroxylamine groups is 1. The molecule has 29 heavy (non-hydrogen) atoms. The summed E-state index contributed by atoms with van der Waals surface area (Å²) in [6.45, 7) is -1.10. The van der Waals surface area contributed by atoms with Gasteiger partial charge in [0.05, 0.1) is 15.9 Å². The fourth-order valence-corrected chi connectivity index (χ4v) is 2.67. The van der Waals surface area contributed by atoms with Crippen LogP contribution in [0.4, 0.5) is 20.3 Å². The van der Waals surface area contributed by atoms with Gasteiger partial charge in [0.1, 0.15) is 24.1 Å². The van der Waals surface area contributed by atoms with E-state index in [2.05, 4.69) is 5.32 Å². The summed E-state index contributed by atoms with van der Waals surface area (Å²) >= 11 is 1.59. The van der Waals surface area contributed by atoms with Gasteiger partial charge in [-0.25, -0.2) is 19.1 Å². The largest absolute Gasteiger partial charge is 0.394 e. The zero-order chi connectivity index (χ0) is 21.9. The normalized spacial score (nSPS) is 12.0. The average Bonchev–Trinajstić information content (AvgIpc) is 2.70. The van der Waals surface area contributed by atoms with Crippen molar-refractivity contribution in [2.75, 3.05) is 18.5 Å². The van der Waals surface area contributed by atoms with Gasteiger partial charge in [-0.3, -0.25) is 23.6 Å². The van der Waals surface area contributed by atoms with Crippen LogP contribution >= 0.6 is 22.6 Å². The molecule has 4 N–H and O–H groups in total. The number of nitrogens with zero attached hydrogens (tertiary/aromatic N) is 2. The smallest absolute Gasteiger partial charge is 0.332 e. The maximum atomic E-state index is 14.2. The molecule has 0 saturated heterocycles. The molecule has 0 spiro atoms. The molecule has 1 unspecified atom stereocenters. The number of amides is 1. The van der Waals surface area contributed by atoms with Gasteiger partial charge in [0, 0.05) is 14.1 Å². The minimum atomic E-state index is -1.28. The van der Waals surface area contributed by atoms with E-state index >= 15 is 0 Å². The van der Waals surface area contributed by atoms with Crippen LogP contribution in [0.15, 0.2) is 21.7 Å². The molecule has 13 heteroatoms. The van der Waals surface area contributed by atoms with E-state index in [1.54, 1.807) is 22.6 Å². The van der Waals surface area contributed by atoms with Gasteiger partial charge in [-0.05, 0) is 34.7 Å². The highest BCUT2D eigenvalue weighted by molar-refractivity contribution is 14.1. The first kappa shape index (κ1) is 22.9. The molecule has 0 aliphatic carbocycles. The van der Waals surface area contributed by atoms with E-state index in [-0.39, 0.29) is 3.57 Å². The third-order valence-corrected chi connectivity index (χ3v) is 4.66. The summed E-state index contributed by atoms with van der Waals surface area (Å²) in [6.07, 6.45) is -1.28. The Kier molecular flexibility index (Phi) is 7.45. The van der Waals surface area contributed by atoms with Gasteiger partial charge < -0.3 is 15.5 Å². The first-order valence-electron chi connectivity index (χ1n) is 8.01. The number of nitrogens with one attached hydrogen (secondary N) is 2. The van der Waals surface area contributed by atoms with Crippen molar-refractivity contribution in [1.29, 1.82) is 0 Å². The van der Waals surface area contributed by atoms with Crippen molar-refractivity contribution in [3.8, 4) is 0 Å². The number of hydrogen-bond acceptors (Lipinski definition) is 7. The van der Waals surface area contributed by atoms with Gasteiger partial charge >= 0.3 is 5.69 Å².